The molecule has 1 amide bonds. The molecule has 2 atom stereocenters. The Bertz CT molecular complexity index is 1060. The van der Waals surface area contributed by atoms with Crippen LogP contribution in [0, 0.1) is 0 Å². The van der Waals surface area contributed by atoms with Gasteiger partial charge in [-0.2, -0.15) is 0 Å². The first kappa shape index (κ1) is 69.6. The van der Waals surface area contributed by atoms with Gasteiger partial charge in [0.05, 0.1) is 25.4 Å². The summed E-state index contributed by atoms with van der Waals surface area (Å²) in [6, 6.07) is -0.543. The van der Waals surface area contributed by atoms with Gasteiger partial charge in [-0.1, -0.05) is 315 Å². The molecule has 0 aliphatic carbocycles. The maximum Gasteiger partial charge on any atom is 0.305 e. The van der Waals surface area contributed by atoms with Crippen molar-refractivity contribution >= 4 is 11.9 Å². The van der Waals surface area contributed by atoms with Crippen LogP contribution < -0.4 is 5.32 Å². The molecule has 0 saturated carbocycles. The van der Waals surface area contributed by atoms with Gasteiger partial charge in [0, 0.05) is 12.8 Å². The molecule has 422 valence electrons. The molecule has 6 nitrogen and oxygen atoms in total. The molecule has 0 aromatic rings. The summed E-state index contributed by atoms with van der Waals surface area (Å²) >= 11 is 0. The van der Waals surface area contributed by atoms with Crippen molar-refractivity contribution in [2.75, 3.05) is 13.2 Å². The average Bonchev–Trinajstić information content (AvgIpc) is 3.37. The third kappa shape index (κ3) is 57.7. The fourth-order valence-electron chi connectivity index (χ4n) is 10.3. The summed E-state index contributed by atoms with van der Waals surface area (Å²) in [4.78, 5) is 24.5. The third-order valence-electron chi connectivity index (χ3n) is 15.3. The predicted octanol–water partition coefficient (Wildman–Crippen LogP) is 20.4. The Hall–Kier alpha value is -1.40. The van der Waals surface area contributed by atoms with Crippen LogP contribution in [0.3, 0.4) is 0 Å². The summed E-state index contributed by atoms with van der Waals surface area (Å²) in [6.45, 7) is 4.98. The van der Waals surface area contributed by atoms with E-state index >= 15 is 0 Å². The van der Waals surface area contributed by atoms with E-state index in [1.165, 1.54) is 295 Å². The van der Waals surface area contributed by atoms with Crippen molar-refractivity contribution < 1.29 is 24.5 Å². The lowest BCUT2D eigenvalue weighted by atomic mass is 10.0. The van der Waals surface area contributed by atoms with E-state index in [9.17, 15) is 19.8 Å². The second kappa shape index (κ2) is 61.1. The predicted molar refractivity (Wildman–Crippen MR) is 310 cm³/mol. The fourth-order valence-corrected chi connectivity index (χ4v) is 10.3. The molecular weight excluding hydrogens is 875 g/mol. The van der Waals surface area contributed by atoms with Crippen LogP contribution in [0.15, 0.2) is 12.2 Å². The number of aliphatic hydroxyl groups is 2. The molecule has 0 fully saturated rings. The van der Waals surface area contributed by atoms with Crippen LogP contribution in [-0.2, 0) is 14.3 Å². The Labute approximate surface area is 444 Å². The number of aliphatic hydroxyl groups excluding tert-OH is 2. The number of rotatable bonds is 61. The minimum atomic E-state index is -0.666. The van der Waals surface area contributed by atoms with E-state index in [-0.39, 0.29) is 18.5 Å². The number of hydrogen-bond acceptors (Lipinski definition) is 5. The molecule has 2 unspecified atom stereocenters. The highest BCUT2D eigenvalue weighted by molar-refractivity contribution is 5.76. The topological polar surface area (TPSA) is 95.9 Å². The lowest BCUT2D eigenvalue weighted by Crippen LogP contribution is -2.45. The Balaban J connectivity index is 3.39. The number of ether oxygens (including phenoxy) is 1. The monoisotopic (exact) mass is 1000 g/mol. The molecule has 0 saturated heterocycles. The summed E-state index contributed by atoms with van der Waals surface area (Å²) < 4.78 is 5.47. The molecule has 0 heterocycles. The number of allylic oxidation sites excluding steroid dienone is 2. The van der Waals surface area contributed by atoms with Crippen LogP contribution in [0.5, 0.6) is 0 Å². The third-order valence-corrected chi connectivity index (χ3v) is 15.3. The number of nitrogens with one attached hydrogen (secondary N) is 1. The zero-order chi connectivity index (χ0) is 51.4. The van der Waals surface area contributed by atoms with Crippen molar-refractivity contribution in [3.05, 3.63) is 12.2 Å². The minimum Gasteiger partial charge on any atom is -0.466 e. The van der Waals surface area contributed by atoms with Crippen LogP contribution in [0.4, 0.5) is 0 Å². The van der Waals surface area contributed by atoms with E-state index in [2.05, 4.69) is 31.3 Å². The van der Waals surface area contributed by atoms with Gasteiger partial charge < -0.3 is 20.3 Å². The van der Waals surface area contributed by atoms with Crippen molar-refractivity contribution in [3.63, 3.8) is 0 Å². The second-order valence-electron chi connectivity index (χ2n) is 22.5. The number of unbranched alkanes of at least 4 members (excludes halogenated alkanes) is 48. The van der Waals surface area contributed by atoms with Gasteiger partial charge in [-0.25, -0.2) is 0 Å². The van der Waals surface area contributed by atoms with Gasteiger partial charge in [0.25, 0.3) is 0 Å². The highest BCUT2D eigenvalue weighted by Gasteiger charge is 2.20. The standard InChI is InChI=1S/C65H127NO5/c1-3-5-7-9-11-13-15-16-17-18-28-31-34-38-41-45-49-53-57-63(68)62(61-67)66-64(69)58-54-50-46-42-39-35-32-29-26-24-22-20-19-21-23-25-27-30-33-36-40-44-48-52-56-60-71-65(70)59-55-51-47-43-37-14-12-10-8-6-4-2/h20,22,62-63,67-68H,3-19,21,23-61H2,1-2H3,(H,66,69)/b22-20-. The molecule has 6 heteroatoms. The number of carbonyl (C=O) groups excluding carboxylic acids is 2. The SMILES string of the molecule is CCCCCCCCCCCCCCCCCCCCC(O)C(CO)NC(=O)CCCCCCCCCCC/C=C\CCCCCCCCCCCCCCOC(=O)CCCCCCCCCCCCC. The largest absolute Gasteiger partial charge is 0.466 e. The lowest BCUT2D eigenvalue weighted by Gasteiger charge is -2.22. The maximum absolute atomic E-state index is 12.5. The molecule has 0 rings (SSSR count). The van der Waals surface area contributed by atoms with Gasteiger partial charge in [-0.05, 0) is 51.4 Å². The van der Waals surface area contributed by atoms with Crippen molar-refractivity contribution in [2.45, 2.75) is 379 Å². The van der Waals surface area contributed by atoms with Crippen LogP contribution in [0.2, 0.25) is 0 Å². The Morgan fingerprint density at radius 2 is 0.662 bits per heavy atom. The van der Waals surface area contributed by atoms with Gasteiger partial charge in [0.1, 0.15) is 0 Å². The molecule has 0 bridgehead atoms. The first-order valence-corrected chi connectivity index (χ1v) is 32.4. The summed E-state index contributed by atoms with van der Waals surface area (Å²) in [7, 11) is 0. The molecule has 3 N–H and O–H groups in total. The molecule has 0 aliphatic rings. The highest BCUT2D eigenvalue weighted by Crippen LogP contribution is 2.18. The number of amides is 1. The number of carbonyl (C=O) groups is 2. The van der Waals surface area contributed by atoms with Crippen LogP contribution in [0.1, 0.15) is 367 Å². The molecule has 0 radical (unpaired) electrons. The van der Waals surface area contributed by atoms with Crippen molar-refractivity contribution in [3.8, 4) is 0 Å². The van der Waals surface area contributed by atoms with Crippen LogP contribution >= 0.6 is 0 Å². The molecule has 0 aromatic heterocycles. The van der Waals surface area contributed by atoms with E-state index in [0.29, 0.717) is 25.9 Å². The lowest BCUT2D eigenvalue weighted by molar-refractivity contribution is -0.143. The average molecular weight is 1000 g/mol. The number of hydrogen-bond donors (Lipinski definition) is 3. The smallest absolute Gasteiger partial charge is 0.305 e. The maximum atomic E-state index is 12.5. The normalized spacial score (nSPS) is 12.6. The van der Waals surface area contributed by atoms with Gasteiger partial charge >= 0.3 is 5.97 Å². The van der Waals surface area contributed by atoms with Crippen LogP contribution in [0.25, 0.3) is 0 Å². The highest BCUT2D eigenvalue weighted by atomic mass is 16.5. The van der Waals surface area contributed by atoms with Crippen molar-refractivity contribution in [1.29, 1.82) is 0 Å². The second-order valence-corrected chi connectivity index (χ2v) is 22.5. The summed E-state index contributed by atoms with van der Waals surface area (Å²) in [5.41, 5.74) is 0. The van der Waals surface area contributed by atoms with E-state index in [1.54, 1.807) is 0 Å². The van der Waals surface area contributed by atoms with E-state index < -0.39 is 12.1 Å². The minimum absolute atomic E-state index is 0.0139. The molecule has 71 heavy (non-hydrogen) atoms. The summed E-state index contributed by atoms with van der Waals surface area (Å²) in [6.07, 6.45) is 73.8. The van der Waals surface area contributed by atoms with Gasteiger partial charge in [0.15, 0.2) is 0 Å². The Morgan fingerprint density at radius 1 is 0.380 bits per heavy atom. The quantitative estimate of drug-likeness (QED) is 0.0320. The van der Waals surface area contributed by atoms with Gasteiger partial charge in [-0.15, -0.1) is 0 Å². The first-order valence-electron chi connectivity index (χ1n) is 32.4. The van der Waals surface area contributed by atoms with Gasteiger partial charge in [0.2, 0.25) is 5.91 Å². The Kier molecular flexibility index (Phi) is 59.9. The van der Waals surface area contributed by atoms with E-state index in [1.807, 2.05) is 0 Å². The molecule has 0 aliphatic heterocycles. The Morgan fingerprint density at radius 3 is 1.00 bits per heavy atom. The van der Waals surface area contributed by atoms with Crippen LogP contribution in [-0.4, -0.2) is 47.4 Å². The zero-order valence-electron chi connectivity index (χ0n) is 48.2. The summed E-state index contributed by atoms with van der Waals surface area (Å²) in [5.74, 6) is -0.0205. The molecule has 0 aromatic carbocycles. The van der Waals surface area contributed by atoms with Crippen molar-refractivity contribution in [1.82, 2.24) is 5.32 Å². The van der Waals surface area contributed by atoms with E-state index in [4.69, 9.17) is 4.74 Å². The molecule has 0 spiro atoms. The fraction of sp³-hybridized carbons (Fsp3) is 0.938. The molecular formula is C65H127NO5. The summed E-state index contributed by atoms with van der Waals surface area (Å²) in [5, 5.41) is 23.4. The van der Waals surface area contributed by atoms with Crippen molar-refractivity contribution in [2.24, 2.45) is 0 Å². The first-order chi connectivity index (χ1) is 35.0. The van der Waals surface area contributed by atoms with Gasteiger partial charge in [-0.3, -0.25) is 9.59 Å². The zero-order valence-corrected chi connectivity index (χ0v) is 48.2. The van der Waals surface area contributed by atoms with E-state index in [0.717, 1.165) is 38.5 Å². The number of esters is 1.